The number of carbonyl (C=O) groups excluding carboxylic acids is 1. The van der Waals surface area contributed by atoms with E-state index in [1.54, 1.807) is 6.20 Å². The average Bonchev–Trinajstić information content (AvgIpc) is 2.92. The number of carboxylic acid groups (broad SMARTS) is 1. The first-order chi connectivity index (χ1) is 10.1. The molecule has 0 bridgehead atoms. The number of carboxylic acids is 1. The second-order valence-corrected chi connectivity index (χ2v) is 6.05. The summed E-state index contributed by atoms with van der Waals surface area (Å²) in [5.41, 5.74) is 1.73. The number of carbonyl (C=O) groups is 2. The Morgan fingerprint density at radius 1 is 1.24 bits per heavy atom. The van der Waals surface area contributed by atoms with Crippen LogP contribution in [-0.2, 0) is 17.8 Å². The van der Waals surface area contributed by atoms with Crippen LogP contribution in [-0.4, -0.2) is 32.8 Å². The van der Waals surface area contributed by atoms with Crippen molar-refractivity contribution in [3.8, 4) is 0 Å². The van der Waals surface area contributed by atoms with Crippen molar-refractivity contribution in [1.29, 1.82) is 0 Å². The lowest BCUT2D eigenvalue weighted by molar-refractivity contribution is -0.142. The third-order valence-electron chi connectivity index (χ3n) is 4.64. The third-order valence-corrected chi connectivity index (χ3v) is 4.64. The lowest BCUT2D eigenvalue weighted by Crippen LogP contribution is -2.39. The SMILES string of the molecule is O=C(NC1CCC(C(=O)O)CC1)c1cnn2c1CCCC2. The van der Waals surface area contributed by atoms with Gasteiger partial charge in [0.2, 0.25) is 0 Å². The molecule has 0 atom stereocenters. The summed E-state index contributed by atoms with van der Waals surface area (Å²) in [6.07, 6.45) is 7.58. The summed E-state index contributed by atoms with van der Waals surface area (Å²) < 4.78 is 1.93. The third kappa shape index (κ3) is 2.94. The van der Waals surface area contributed by atoms with Crippen molar-refractivity contribution in [3.63, 3.8) is 0 Å². The standard InChI is InChI=1S/C15H21N3O3/c19-14(12-9-16-18-8-2-1-3-13(12)18)17-11-6-4-10(5-7-11)15(20)21/h9-11H,1-8H2,(H,17,19)(H,20,21). The number of aliphatic carboxylic acids is 1. The van der Waals surface area contributed by atoms with Crippen LogP contribution in [0.3, 0.4) is 0 Å². The lowest BCUT2D eigenvalue weighted by Gasteiger charge is -2.27. The maximum Gasteiger partial charge on any atom is 0.306 e. The summed E-state index contributed by atoms with van der Waals surface area (Å²) in [6.45, 7) is 0.895. The number of nitrogens with zero attached hydrogens (tertiary/aromatic N) is 2. The first-order valence-corrected chi connectivity index (χ1v) is 7.73. The van der Waals surface area contributed by atoms with Gasteiger partial charge in [-0.15, -0.1) is 0 Å². The van der Waals surface area contributed by atoms with Crippen molar-refractivity contribution in [3.05, 3.63) is 17.5 Å². The van der Waals surface area contributed by atoms with Gasteiger partial charge in [0.05, 0.1) is 23.4 Å². The Balaban J connectivity index is 1.60. The van der Waals surface area contributed by atoms with Gasteiger partial charge in [0.1, 0.15) is 0 Å². The highest BCUT2D eigenvalue weighted by molar-refractivity contribution is 5.95. The van der Waals surface area contributed by atoms with Gasteiger partial charge in [-0.25, -0.2) is 0 Å². The molecule has 1 fully saturated rings. The number of fused-ring (bicyclic) bond motifs is 1. The van der Waals surface area contributed by atoms with E-state index in [1.165, 1.54) is 0 Å². The molecule has 1 saturated carbocycles. The van der Waals surface area contributed by atoms with Crippen LogP contribution in [0.1, 0.15) is 54.6 Å². The molecule has 6 nitrogen and oxygen atoms in total. The Bertz CT molecular complexity index is 544. The molecule has 3 rings (SSSR count). The van der Waals surface area contributed by atoms with E-state index in [4.69, 9.17) is 5.11 Å². The van der Waals surface area contributed by atoms with Gasteiger partial charge in [-0.1, -0.05) is 0 Å². The quantitative estimate of drug-likeness (QED) is 0.885. The maximum absolute atomic E-state index is 12.4. The minimum Gasteiger partial charge on any atom is -0.481 e. The van der Waals surface area contributed by atoms with Crippen molar-refractivity contribution in [1.82, 2.24) is 15.1 Å². The lowest BCUT2D eigenvalue weighted by atomic mass is 9.86. The van der Waals surface area contributed by atoms with Gasteiger partial charge < -0.3 is 10.4 Å². The topological polar surface area (TPSA) is 84.2 Å². The number of aryl methyl sites for hydroxylation is 1. The molecule has 6 heteroatoms. The predicted octanol–water partition coefficient (Wildman–Crippen LogP) is 1.59. The van der Waals surface area contributed by atoms with Gasteiger partial charge in [0.25, 0.3) is 5.91 Å². The van der Waals surface area contributed by atoms with Crippen molar-refractivity contribution in [2.75, 3.05) is 0 Å². The van der Waals surface area contributed by atoms with E-state index in [0.717, 1.165) is 44.3 Å². The van der Waals surface area contributed by atoms with E-state index in [0.29, 0.717) is 18.4 Å². The van der Waals surface area contributed by atoms with Crippen molar-refractivity contribution >= 4 is 11.9 Å². The number of hydrogen-bond donors (Lipinski definition) is 2. The van der Waals surface area contributed by atoms with Gasteiger partial charge in [0, 0.05) is 12.6 Å². The van der Waals surface area contributed by atoms with E-state index >= 15 is 0 Å². The number of aromatic nitrogens is 2. The molecule has 1 aromatic heterocycles. The molecule has 0 radical (unpaired) electrons. The Morgan fingerprint density at radius 3 is 2.71 bits per heavy atom. The second-order valence-electron chi connectivity index (χ2n) is 6.05. The largest absolute Gasteiger partial charge is 0.481 e. The van der Waals surface area contributed by atoms with Crippen LogP contribution in [0.2, 0.25) is 0 Å². The van der Waals surface area contributed by atoms with Gasteiger partial charge in [-0.2, -0.15) is 5.10 Å². The fraction of sp³-hybridized carbons (Fsp3) is 0.667. The summed E-state index contributed by atoms with van der Waals surface area (Å²) in [7, 11) is 0. The minimum atomic E-state index is -0.717. The van der Waals surface area contributed by atoms with E-state index in [-0.39, 0.29) is 17.9 Å². The first-order valence-electron chi connectivity index (χ1n) is 7.73. The van der Waals surface area contributed by atoms with E-state index in [9.17, 15) is 9.59 Å². The maximum atomic E-state index is 12.4. The molecule has 1 aliphatic heterocycles. The fourth-order valence-corrected chi connectivity index (χ4v) is 3.36. The molecule has 0 aromatic carbocycles. The van der Waals surface area contributed by atoms with Crippen LogP contribution in [0, 0.1) is 5.92 Å². The highest BCUT2D eigenvalue weighted by atomic mass is 16.4. The zero-order valence-electron chi connectivity index (χ0n) is 12.0. The number of rotatable bonds is 3. The highest BCUT2D eigenvalue weighted by Gasteiger charge is 2.28. The van der Waals surface area contributed by atoms with Gasteiger partial charge in [-0.05, 0) is 44.9 Å². The second kappa shape index (κ2) is 5.87. The summed E-state index contributed by atoms with van der Waals surface area (Å²) in [4.78, 5) is 23.3. The van der Waals surface area contributed by atoms with Crippen LogP contribution in [0.4, 0.5) is 0 Å². The van der Waals surface area contributed by atoms with E-state index in [2.05, 4.69) is 10.4 Å². The monoisotopic (exact) mass is 291 g/mol. The van der Waals surface area contributed by atoms with E-state index in [1.807, 2.05) is 4.68 Å². The zero-order chi connectivity index (χ0) is 14.8. The van der Waals surface area contributed by atoms with Crippen LogP contribution in [0.5, 0.6) is 0 Å². The molecular formula is C15H21N3O3. The van der Waals surface area contributed by atoms with Crippen LogP contribution < -0.4 is 5.32 Å². The molecule has 2 aliphatic rings. The van der Waals surface area contributed by atoms with Crippen LogP contribution in [0.15, 0.2) is 6.20 Å². The minimum absolute atomic E-state index is 0.0584. The van der Waals surface area contributed by atoms with Gasteiger partial charge in [-0.3, -0.25) is 14.3 Å². The Morgan fingerprint density at radius 2 is 2.00 bits per heavy atom. The summed E-state index contributed by atoms with van der Waals surface area (Å²) in [5, 5.41) is 16.3. The number of nitrogens with one attached hydrogen (secondary N) is 1. The molecule has 0 saturated heterocycles. The van der Waals surface area contributed by atoms with Crippen LogP contribution >= 0.6 is 0 Å². The predicted molar refractivity (Wildman–Crippen MR) is 76.0 cm³/mol. The molecule has 1 aromatic rings. The highest BCUT2D eigenvalue weighted by Crippen LogP contribution is 2.25. The molecule has 2 heterocycles. The molecule has 1 aliphatic carbocycles. The fourth-order valence-electron chi connectivity index (χ4n) is 3.36. The Hall–Kier alpha value is -1.85. The molecular weight excluding hydrogens is 270 g/mol. The van der Waals surface area contributed by atoms with Gasteiger partial charge >= 0.3 is 5.97 Å². The number of amides is 1. The smallest absolute Gasteiger partial charge is 0.306 e. The number of hydrogen-bond acceptors (Lipinski definition) is 3. The normalized spacial score (nSPS) is 25.1. The summed E-state index contributed by atoms with van der Waals surface area (Å²) in [6, 6.07) is 0.0900. The Labute approximate surface area is 123 Å². The van der Waals surface area contributed by atoms with Crippen molar-refractivity contribution in [2.24, 2.45) is 5.92 Å². The summed E-state index contributed by atoms with van der Waals surface area (Å²) >= 11 is 0. The molecule has 21 heavy (non-hydrogen) atoms. The molecule has 1 amide bonds. The first kappa shape index (κ1) is 14.1. The average molecular weight is 291 g/mol. The molecule has 0 unspecified atom stereocenters. The van der Waals surface area contributed by atoms with Crippen LogP contribution in [0.25, 0.3) is 0 Å². The molecule has 0 spiro atoms. The molecule has 2 N–H and O–H groups in total. The zero-order valence-corrected chi connectivity index (χ0v) is 12.0. The van der Waals surface area contributed by atoms with Crippen molar-refractivity contribution in [2.45, 2.75) is 57.5 Å². The van der Waals surface area contributed by atoms with E-state index < -0.39 is 5.97 Å². The summed E-state index contributed by atoms with van der Waals surface area (Å²) in [5.74, 6) is -1.02. The van der Waals surface area contributed by atoms with Crippen molar-refractivity contribution < 1.29 is 14.7 Å². The Kier molecular flexibility index (Phi) is 3.94. The molecule has 114 valence electrons. The van der Waals surface area contributed by atoms with Gasteiger partial charge in [0.15, 0.2) is 0 Å².